The molecule has 0 aliphatic carbocycles. The molecule has 1 fully saturated rings. The Balaban J connectivity index is 2.03. The van der Waals surface area contributed by atoms with Gasteiger partial charge in [-0.05, 0) is 44.5 Å². The molecule has 0 aromatic heterocycles. The average Bonchev–Trinajstić information content (AvgIpc) is 2.45. The van der Waals surface area contributed by atoms with Crippen molar-refractivity contribution in [3.63, 3.8) is 0 Å². The van der Waals surface area contributed by atoms with Crippen molar-refractivity contribution in [3.8, 4) is 0 Å². The molecule has 1 aromatic carbocycles. The van der Waals surface area contributed by atoms with Gasteiger partial charge in [0.1, 0.15) is 0 Å². The number of benzene rings is 1. The summed E-state index contributed by atoms with van der Waals surface area (Å²) in [5, 5.41) is 12.5. The zero-order valence-corrected chi connectivity index (χ0v) is 13.0. The maximum absolute atomic E-state index is 11.1. The Hall–Kier alpha value is -1.59. The number of hydrogen-bond donors (Lipinski definition) is 2. The molecule has 2 N–H and O–H groups in total. The summed E-state index contributed by atoms with van der Waals surface area (Å²) in [6.45, 7) is 10.5. The van der Waals surface area contributed by atoms with Crippen molar-refractivity contribution in [1.82, 2.24) is 4.90 Å². The van der Waals surface area contributed by atoms with E-state index in [0.717, 1.165) is 44.1 Å². The number of ether oxygens (including phenoxy) is 1. The van der Waals surface area contributed by atoms with Gasteiger partial charge in [0, 0.05) is 30.9 Å². The van der Waals surface area contributed by atoms with Gasteiger partial charge >= 0.3 is 5.97 Å². The zero-order valence-electron chi connectivity index (χ0n) is 13.0. The molecule has 0 saturated carbocycles. The van der Waals surface area contributed by atoms with E-state index in [4.69, 9.17) is 9.84 Å². The molecule has 0 atom stereocenters. The van der Waals surface area contributed by atoms with E-state index in [2.05, 4.69) is 24.1 Å². The molecule has 0 amide bonds. The van der Waals surface area contributed by atoms with Crippen LogP contribution in [0.4, 0.5) is 5.69 Å². The highest BCUT2D eigenvalue weighted by Crippen LogP contribution is 2.19. The zero-order chi connectivity index (χ0) is 15.5. The van der Waals surface area contributed by atoms with Gasteiger partial charge in [-0.1, -0.05) is 0 Å². The van der Waals surface area contributed by atoms with Gasteiger partial charge in [-0.25, -0.2) is 4.79 Å². The minimum Gasteiger partial charge on any atom is -0.478 e. The number of anilines is 1. The highest BCUT2D eigenvalue weighted by Gasteiger charge is 2.27. The highest BCUT2D eigenvalue weighted by atomic mass is 16.5. The van der Waals surface area contributed by atoms with Crippen molar-refractivity contribution in [2.75, 3.05) is 38.2 Å². The van der Waals surface area contributed by atoms with Gasteiger partial charge in [0.05, 0.1) is 18.8 Å². The first-order chi connectivity index (χ1) is 9.88. The van der Waals surface area contributed by atoms with Crippen LogP contribution in [0, 0.1) is 6.92 Å². The molecule has 1 heterocycles. The van der Waals surface area contributed by atoms with Crippen molar-refractivity contribution in [2.24, 2.45) is 0 Å². The third kappa shape index (κ3) is 4.19. The van der Waals surface area contributed by atoms with E-state index in [-0.39, 0.29) is 5.54 Å². The normalized spacial score (nSPS) is 16.7. The number of aryl methyl sites for hydroxylation is 1. The van der Waals surface area contributed by atoms with Crippen LogP contribution in [-0.4, -0.2) is 54.4 Å². The second-order valence-corrected chi connectivity index (χ2v) is 6.16. The number of carbonyl (C=O) groups is 1. The van der Waals surface area contributed by atoms with E-state index in [1.807, 2.05) is 13.0 Å². The summed E-state index contributed by atoms with van der Waals surface area (Å²) < 4.78 is 5.39. The number of morpholine rings is 1. The topological polar surface area (TPSA) is 61.8 Å². The van der Waals surface area contributed by atoms with Crippen LogP contribution in [0.1, 0.15) is 29.8 Å². The fourth-order valence-corrected chi connectivity index (χ4v) is 2.61. The Bertz CT molecular complexity index is 508. The summed E-state index contributed by atoms with van der Waals surface area (Å²) in [7, 11) is 0. The molecular formula is C16H24N2O3. The van der Waals surface area contributed by atoms with Gasteiger partial charge in [0.2, 0.25) is 0 Å². The van der Waals surface area contributed by atoms with Crippen LogP contribution in [0.3, 0.4) is 0 Å². The molecule has 21 heavy (non-hydrogen) atoms. The number of rotatable bonds is 5. The lowest BCUT2D eigenvalue weighted by Crippen LogP contribution is -2.53. The van der Waals surface area contributed by atoms with E-state index in [0.29, 0.717) is 5.56 Å². The van der Waals surface area contributed by atoms with Gasteiger partial charge in [-0.15, -0.1) is 0 Å². The summed E-state index contributed by atoms with van der Waals surface area (Å²) in [4.78, 5) is 13.5. The third-order valence-corrected chi connectivity index (χ3v) is 3.92. The minimum absolute atomic E-state index is 0.00306. The Labute approximate surface area is 125 Å². The van der Waals surface area contributed by atoms with Crippen LogP contribution in [-0.2, 0) is 4.74 Å². The average molecular weight is 292 g/mol. The monoisotopic (exact) mass is 292 g/mol. The molecule has 0 bridgehead atoms. The molecule has 1 aliphatic rings. The Morgan fingerprint density at radius 3 is 2.62 bits per heavy atom. The molecule has 0 spiro atoms. The van der Waals surface area contributed by atoms with E-state index >= 15 is 0 Å². The van der Waals surface area contributed by atoms with E-state index in [1.165, 1.54) is 0 Å². The molecule has 0 radical (unpaired) electrons. The molecule has 5 heteroatoms. The van der Waals surface area contributed by atoms with Crippen LogP contribution < -0.4 is 5.32 Å². The predicted octanol–water partition coefficient (Wildman–Crippen LogP) is 2.22. The largest absolute Gasteiger partial charge is 0.478 e. The van der Waals surface area contributed by atoms with Crippen LogP contribution in [0.2, 0.25) is 0 Å². The SMILES string of the molecule is Cc1cc(NCC(C)(C)N2CCOCC2)cc(C(=O)O)c1. The number of carboxylic acid groups (broad SMARTS) is 1. The Kier molecular flexibility index (Phi) is 4.85. The molecule has 5 nitrogen and oxygen atoms in total. The highest BCUT2D eigenvalue weighted by molar-refractivity contribution is 5.89. The fourth-order valence-electron chi connectivity index (χ4n) is 2.61. The quantitative estimate of drug-likeness (QED) is 0.871. The number of nitrogens with zero attached hydrogens (tertiary/aromatic N) is 1. The van der Waals surface area contributed by atoms with E-state index in [9.17, 15) is 4.79 Å². The van der Waals surface area contributed by atoms with Gasteiger partial charge in [-0.2, -0.15) is 0 Å². The van der Waals surface area contributed by atoms with Crippen LogP contribution >= 0.6 is 0 Å². The van der Waals surface area contributed by atoms with Crippen molar-refractivity contribution in [1.29, 1.82) is 0 Å². The molecule has 116 valence electrons. The van der Waals surface area contributed by atoms with Crippen LogP contribution in [0.15, 0.2) is 18.2 Å². The van der Waals surface area contributed by atoms with E-state index < -0.39 is 5.97 Å². The lowest BCUT2D eigenvalue weighted by Gasteiger charge is -2.41. The van der Waals surface area contributed by atoms with Crippen molar-refractivity contribution >= 4 is 11.7 Å². The van der Waals surface area contributed by atoms with Crippen LogP contribution in [0.5, 0.6) is 0 Å². The predicted molar refractivity (Wildman–Crippen MR) is 83.1 cm³/mol. The first-order valence-electron chi connectivity index (χ1n) is 7.30. The maximum Gasteiger partial charge on any atom is 0.335 e. The third-order valence-electron chi connectivity index (χ3n) is 3.92. The molecule has 1 aromatic rings. The first kappa shape index (κ1) is 15.8. The van der Waals surface area contributed by atoms with Gasteiger partial charge < -0.3 is 15.2 Å². The smallest absolute Gasteiger partial charge is 0.335 e. The van der Waals surface area contributed by atoms with Gasteiger partial charge in [-0.3, -0.25) is 4.90 Å². The number of nitrogens with one attached hydrogen (secondary N) is 1. The minimum atomic E-state index is -0.894. The molecule has 0 unspecified atom stereocenters. The summed E-state index contributed by atoms with van der Waals surface area (Å²) >= 11 is 0. The van der Waals surface area contributed by atoms with Crippen molar-refractivity contribution in [2.45, 2.75) is 26.3 Å². The standard InChI is InChI=1S/C16H24N2O3/c1-12-8-13(15(19)20)10-14(9-12)17-11-16(2,3)18-4-6-21-7-5-18/h8-10,17H,4-7,11H2,1-3H3,(H,19,20). The number of aromatic carboxylic acids is 1. The summed E-state index contributed by atoms with van der Waals surface area (Å²) in [6, 6.07) is 5.34. The van der Waals surface area contributed by atoms with Crippen molar-refractivity contribution < 1.29 is 14.6 Å². The summed E-state index contributed by atoms with van der Waals surface area (Å²) in [5.74, 6) is -0.894. The summed E-state index contributed by atoms with van der Waals surface area (Å²) in [6.07, 6.45) is 0. The molecular weight excluding hydrogens is 268 g/mol. The number of carboxylic acids is 1. The number of hydrogen-bond acceptors (Lipinski definition) is 4. The van der Waals surface area contributed by atoms with E-state index in [1.54, 1.807) is 12.1 Å². The molecule has 1 saturated heterocycles. The molecule has 1 aliphatic heterocycles. The van der Waals surface area contributed by atoms with Gasteiger partial charge in [0.15, 0.2) is 0 Å². The summed E-state index contributed by atoms with van der Waals surface area (Å²) in [5.41, 5.74) is 2.12. The van der Waals surface area contributed by atoms with Crippen molar-refractivity contribution in [3.05, 3.63) is 29.3 Å². The lowest BCUT2D eigenvalue weighted by molar-refractivity contribution is -0.00568. The second kappa shape index (κ2) is 6.45. The van der Waals surface area contributed by atoms with Crippen LogP contribution in [0.25, 0.3) is 0 Å². The second-order valence-electron chi connectivity index (χ2n) is 6.16. The maximum atomic E-state index is 11.1. The molecule has 2 rings (SSSR count). The first-order valence-corrected chi connectivity index (χ1v) is 7.30. The van der Waals surface area contributed by atoms with Gasteiger partial charge in [0.25, 0.3) is 0 Å². The Morgan fingerprint density at radius 1 is 1.33 bits per heavy atom. The lowest BCUT2D eigenvalue weighted by atomic mass is 10.0. The fraction of sp³-hybridized carbons (Fsp3) is 0.562. The Morgan fingerprint density at radius 2 is 2.00 bits per heavy atom.